The van der Waals surface area contributed by atoms with Gasteiger partial charge in [-0.2, -0.15) is 0 Å². The number of pyridine rings is 2. The number of anilines is 5. The van der Waals surface area contributed by atoms with Crippen molar-refractivity contribution in [1.82, 2.24) is 9.97 Å². The molecular weight excluding hydrogens is 591 g/mol. The Morgan fingerprint density at radius 2 is 1.36 bits per heavy atom. The molecule has 4 aromatic carbocycles. The first-order valence-electron chi connectivity index (χ1n) is 16.0. The number of ether oxygens (including phenoxy) is 2. The van der Waals surface area contributed by atoms with E-state index in [1.165, 1.54) is 11.1 Å². The summed E-state index contributed by atoms with van der Waals surface area (Å²) in [6.07, 6.45) is 7.68. The molecule has 2 aliphatic rings. The van der Waals surface area contributed by atoms with E-state index in [-0.39, 0.29) is 29.6 Å². The van der Waals surface area contributed by atoms with Crippen LogP contribution in [0, 0.1) is 0 Å². The summed E-state index contributed by atoms with van der Waals surface area (Å²) in [4.78, 5) is 12.3. The second-order valence-electron chi connectivity index (χ2n) is 11.7. The van der Waals surface area contributed by atoms with Gasteiger partial charge in [-0.25, -0.2) is 0 Å². The number of nitrogens with zero attached hydrogens (tertiary/aromatic N) is 3. The van der Waals surface area contributed by atoms with E-state index in [4.69, 9.17) is 19.4 Å². The second-order valence-corrected chi connectivity index (χ2v) is 11.7. The van der Waals surface area contributed by atoms with E-state index in [9.17, 15) is 0 Å². The minimum atomic E-state index is 0. The van der Waals surface area contributed by atoms with Crippen LogP contribution < -0.4 is 19.7 Å². The second kappa shape index (κ2) is 13.2. The predicted octanol–water partition coefficient (Wildman–Crippen LogP) is 10.8. The maximum atomic E-state index is 6.75. The summed E-state index contributed by atoms with van der Waals surface area (Å²) >= 11 is 0. The van der Waals surface area contributed by atoms with Crippen LogP contribution in [0.5, 0.6) is 23.0 Å². The molecule has 0 aliphatic carbocycles. The molecule has 0 unspecified atom stereocenters. The monoisotopic (exact) mass is 625 g/mol. The van der Waals surface area contributed by atoms with Crippen LogP contribution in [0.25, 0.3) is 22.5 Å². The third-order valence-corrected chi connectivity index (χ3v) is 8.57. The average Bonchev–Trinajstić information content (AvgIpc) is 3.10. The van der Waals surface area contributed by atoms with Crippen LogP contribution in [0.4, 0.5) is 28.4 Å². The Labute approximate surface area is 297 Å². The number of rotatable bonds is 7. The molecule has 0 saturated carbocycles. The zero-order valence-corrected chi connectivity index (χ0v) is 29.0. The Morgan fingerprint density at radius 3 is 2.09 bits per heavy atom. The van der Waals surface area contributed by atoms with E-state index in [2.05, 4.69) is 84.7 Å². The van der Waals surface area contributed by atoms with E-state index in [0.29, 0.717) is 0 Å². The molecule has 0 bridgehead atoms. The van der Waals surface area contributed by atoms with Crippen LogP contribution >= 0.6 is 0 Å². The van der Waals surface area contributed by atoms with Gasteiger partial charge in [0.25, 0.3) is 0 Å². The fourth-order valence-electron chi connectivity index (χ4n) is 6.57. The standard InChI is InChI=1S/C40H34N4O2.Na/c1-3-12-26-20-21-33-30(24-26)43-39-36(45-33)25-28(29-15-9-10-22-41-29)40(37(39)38-27(13-4-2)14-11-23-42-38)44-31-16-5-7-18-34(31)46-35-19-8-6-17-32(35)44;/h5-11,14-25,43H,3-4,12-13H2,1-2H3;. The van der Waals surface area contributed by atoms with E-state index < -0.39 is 0 Å². The van der Waals surface area contributed by atoms with Crippen molar-refractivity contribution in [2.75, 3.05) is 10.2 Å². The number of hydrogen-bond donors (Lipinski definition) is 1. The first-order chi connectivity index (χ1) is 22.7. The number of nitrogens with one attached hydrogen (secondary N) is 1. The molecule has 2 aliphatic heterocycles. The first kappa shape index (κ1) is 31.0. The predicted molar refractivity (Wildman–Crippen MR) is 191 cm³/mol. The third-order valence-electron chi connectivity index (χ3n) is 8.57. The summed E-state index contributed by atoms with van der Waals surface area (Å²) in [6.45, 7) is 4.41. The summed E-state index contributed by atoms with van der Waals surface area (Å²) in [5.74, 6) is 3.10. The number of para-hydroxylation sites is 4. The molecule has 6 nitrogen and oxygen atoms in total. The molecule has 1 radical (unpaired) electrons. The summed E-state index contributed by atoms with van der Waals surface area (Å²) in [6, 6.07) is 35.2. The van der Waals surface area contributed by atoms with Gasteiger partial charge in [0.2, 0.25) is 0 Å². The maximum Gasteiger partial charge on any atom is 0.152 e. The van der Waals surface area contributed by atoms with Gasteiger partial charge in [0, 0.05) is 47.5 Å². The van der Waals surface area contributed by atoms with Crippen molar-refractivity contribution in [3.63, 3.8) is 0 Å². The zero-order chi connectivity index (χ0) is 31.0. The molecule has 0 amide bonds. The van der Waals surface area contributed by atoms with Gasteiger partial charge in [-0.05, 0) is 84.6 Å². The maximum absolute atomic E-state index is 6.75. The van der Waals surface area contributed by atoms with Gasteiger partial charge < -0.3 is 19.7 Å². The fraction of sp³-hybridized carbons (Fsp3) is 0.150. The van der Waals surface area contributed by atoms with E-state index in [1.54, 1.807) is 0 Å². The summed E-state index contributed by atoms with van der Waals surface area (Å²) in [7, 11) is 0. The number of fused-ring (bicyclic) bond motifs is 4. The summed E-state index contributed by atoms with van der Waals surface area (Å²) in [5, 5.41) is 3.84. The molecule has 7 heteroatoms. The van der Waals surface area contributed by atoms with Gasteiger partial charge >= 0.3 is 0 Å². The van der Waals surface area contributed by atoms with Crippen LogP contribution in [-0.2, 0) is 12.8 Å². The molecular formula is C40H34N4NaO2. The molecule has 6 aromatic rings. The van der Waals surface area contributed by atoms with Gasteiger partial charge in [-0.3, -0.25) is 9.97 Å². The molecule has 1 N–H and O–H groups in total. The van der Waals surface area contributed by atoms with Crippen molar-refractivity contribution in [2.24, 2.45) is 0 Å². The minimum absolute atomic E-state index is 0. The van der Waals surface area contributed by atoms with Gasteiger partial charge in [0.15, 0.2) is 23.0 Å². The fourth-order valence-corrected chi connectivity index (χ4v) is 6.57. The molecule has 4 heterocycles. The van der Waals surface area contributed by atoms with Gasteiger partial charge in [0.05, 0.1) is 45.4 Å². The Hall–Kier alpha value is -4.62. The van der Waals surface area contributed by atoms with Gasteiger partial charge in [-0.15, -0.1) is 0 Å². The van der Waals surface area contributed by atoms with Crippen molar-refractivity contribution < 1.29 is 9.47 Å². The molecule has 47 heavy (non-hydrogen) atoms. The van der Waals surface area contributed by atoms with Crippen LogP contribution in [-0.4, -0.2) is 39.5 Å². The molecule has 227 valence electrons. The van der Waals surface area contributed by atoms with Crippen molar-refractivity contribution >= 4 is 58.0 Å². The van der Waals surface area contributed by atoms with Crippen molar-refractivity contribution in [3.8, 4) is 45.5 Å². The van der Waals surface area contributed by atoms with Crippen LogP contribution in [0.3, 0.4) is 0 Å². The van der Waals surface area contributed by atoms with Crippen molar-refractivity contribution in [3.05, 3.63) is 127 Å². The minimum Gasteiger partial charge on any atom is -0.453 e. The Balaban J connectivity index is 0.00000351. The largest absolute Gasteiger partial charge is 0.453 e. The van der Waals surface area contributed by atoms with E-state index in [1.807, 2.05) is 54.9 Å². The third kappa shape index (κ3) is 5.57. The SMILES string of the molecule is CCCc1ccc2c(c1)Nc1c(cc(-c3ccccn3)c(N3c4ccccc4Oc4ccccc43)c1-c1ncccc1CCC)O2.[Na]. The number of benzene rings is 4. The van der Waals surface area contributed by atoms with Gasteiger partial charge in [-0.1, -0.05) is 69.2 Å². The van der Waals surface area contributed by atoms with Crippen LogP contribution in [0.2, 0.25) is 0 Å². The Bertz CT molecular complexity index is 2040. The smallest absolute Gasteiger partial charge is 0.152 e. The quantitative estimate of drug-likeness (QED) is 0.178. The van der Waals surface area contributed by atoms with Crippen molar-refractivity contribution in [2.45, 2.75) is 39.5 Å². The topological polar surface area (TPSA) is 59.5 Å². The van der Waals surface area contributed by atoms with Crippen LogP contribution in [0.15, 0.2) is 116 Å². The molecule has 0 atom stereocenters. The van der Waals surface area contributed by atoms with E-state index >= 15 is 0 Å². The average molecular weight is 626 g/mol. The molecule has 8 rings (SSSR count). The molecule has 0 saturated heterocycles. The Kier molecular flexibility index (Phi) is 8.74. The first-order valence-corrected chi connectivity index (χ1v) is 16.0. The molecule has 0 spiro atoms. The van der Waals surface area contributed by atoms with Crippen molar-refractivity contribution in [1.29, 1.82) is 0 Å². The zero-order valence-electron chi connectivity index (χ0n) is 27.0. The van der Waals surface area contributed by atoms with Gasteiger partial charge in [0.1, 0.15) is 0 Å². The summed E-state index contributed by atoms with van der Waals surface area (Å²) < 4.78 is 13.2. The molecule has 2 aromatic heterocycles. The molecule has 0 fully saturated rings. The normalized spacial score (nSPS) is 12.3. The summed E-state index contributed by atoms with van der Waals surface area (Å²) in [5.41, 5.74) is 10.8. The number of hydrogen-bond acceptors (Lipinski definition) is 6. The Morgan fingerprint density at radius 1 is 0.660 bits per heavy atom. The number of aryl methyl sites for hydroxylation is 2. The number of aromatic nitrogens is 2. The van der Waals surface area contributed by atoms with Crippen LogP contribution in [0.1, 0.15) is 37.8 Å². The van der Waals surface area contributed by atoms with E-state index in [0.717, 1.165) is 99.6 Å².